The molecule has 0 saturated carbocycles. The summed E-state index contributed by atoms with van der Waals surface area (Å²) >= 11 is 6.73. The highest BCUT2D eigenvalue weighted by Crippen LogP contribution is 2.40. The summed E-state index contributed by atoms with van der Waals surface area (Å²) in [4.78, 5) is 12.1. The molecule has 0 saturated heterocycles. The van der Waals surface area contributed by atoms with Gasteiger partial charge in [-0.3, -0.25) is 4.79 Å². The van der Waals surface area contributed by atoms with Crippen molar-refractivity contribution in [3.8, 4) is 0 Å². The van der Waals surface area contributed by atoms with Gasteiger partial charge in [-0.05, 0) is 51.8 Å². The van der Waals surface area contributed by atoms with Crippen LogP contribution in [-0.2, 0) is 4.79 Å². The fourth-order valence-corrected chi connectivity index (χ4v) is 3.51. The first-order valence-corrected chi connectivity index (χ1v) is 7.51. The Morgan fingerprint density at radius 2 is 1.67 bits per heavy atom. The average Bonchev–Trinajstić information content (AvgIpc) is 2.66. The molecule has 6 heteroatoms. The number of carbonyl (C=O) groups is 1. The molecule has 0 bridgehead atoms. The number of hydrogen-bond donors (Lipinski definition) is 1. The number of hydrogen-bond acceptors (Lipinski definition) is 1. The number of carbonyl (C=O) groups excluding carboxylic acids is 1. The van der Waals surface area contributed by atoms with E-state index in [0.717, 1.165) is 15.0 Å². The molecule has 2 aromatic rings. The van der Waals surface area contributed by atoms with Crippen LogP contribution in [0.3, 0.4) is 0 Å². The topological polar surface area (TPSA) is 29.1 Å². The third-order valence-electron chi connectivity index (χ3n) is 3.02. The van der Waals surface area contributed by atoms with Crippen molar-refractivity contribution >= 4 is 55.1 Å². The van der Waals surface area contributed by atoms with E-state index in [4.69, 9.17) is 0 Å². The standard InChI is InChI=1S/C15H7Br2F2NO/c16-8-4-11-12(15(21)20-14(11)13(17)5-8)3-7-1-9(18)6-10(19)2-7/h1-6H,(H,20,21). The predicted molar refractivity (Wildman–Crippen MR) is 84.7 cm³/mol. The largest absolute Gasteiger partial charge is 0.320 e. The highest BCUT2D eigenvalue weighted by molar-refractivity contribution is 9.11. The molecule has 0 radical (unpaired) electrons. The maximum atomic E-state index is 13.2. The highest BCUT2D eigenvalue weighted by Gasteiger charge is 2.26. The Kier molecular flexibility index (Phi) is 3.67. The van der Waals surface area contributed by atoms with Crippen LogP contribution < -0.4 is 5.32 Å². The quantitative estimate of drug-likeness (QED) is 0.655. The van der Waals surface area contributed by atoms with Crippen molar-refractivity contribution in [1.82, 2.24) is 0 Å². The van der Waals surface area contributed by atoms with Gasteiger partial charge < -0.3 is 5.32 Å². The van der Waals surface area contributed by atoms with Gasteiger partial charge in [0.1, 0.15) is 11.6 Å². The van der Waals surface area contributed by atoms with Crippen LogP contribution >= 0.6 is 31.9 Å². The molecule has 1 aliphatic rings. The van der Waals surface area contributed by atoms with E-state index in [1.54, 1.807) is 6.07 Å². The SMILES string of the molecule is O=C1Nc2c(Br)cc(Br)cc2C1=Cc1cc(F)cc(F)c1. The van der Waals surface area contributed by atoms with Crippen molar-refractivity contribution in [3.63, 3.8) is 0 Å². The van der Waals surface area contributed by atoms with E-state index in [9.17, 15) is 13.6 Å². The monoisotopic (exact) mass is 413 g/mol. The molecule has 1 N–H and O–H groups in total. The third-order valence-corrected chi connectivity index (χ3v) is 4.11. The molecule has 0 aromatic heterocycles. The lowest BCUT2D eigenvalue weighted by Gasteiger charge is -2.03. The van der Waals surface area contributed by atoms with Crippen LogP contribution in [0, 0.1) is 11.6 Å². The molecule has 1 heterocycles. The summed E-state index contributed by atoms with van der Waals surface area (Å²) in [6.07, 6.45) is 1.46. The van der Waals surface area contributed by atoms with Gasteiger partial charge in [-0.2, -0.15) is 0 Å². The summed E-state index contributed by atoms with van der Waals surface area (Å²) in [6, 6.07) is 6.73. The van der Waals surface area contributed by atoms with E-state index in [-0.39, 0.29) is 5.91 Å². The Morgan fingerprint density at radius 3 is 2.33 bits per heavy atom. The number of halogens is 4. The molecule has 0 unspecified atom stereocenters. The smallest absolute Gasteiger partial charge is 0.256 e. The second-order valence-corrected chi connectivity index (χ2v) is 6.30. The lowest BCUT2D eigenvalue weighted by atomic mass is 10.0. The lowest BCUT2D eigenvalue weighted by Crippen LogP contribution is -2.03. The second-order valence-electron chi connectivity index (χ2n) is 4.53. The first kappa shape index (κ1) is 14.4. The average molecular weight is 415 g/mol. The minimum atomic E-state index is -0.684. The molecule has 0 atom stereocenters. The number of amides is 1. The lowest BCUT2D eigenvalue weighted by molar-refractivity contribution is -0.110. The summed E-state index contributed by atoms with van der Waals surface area (Å²) < 4.78 is 28.0. The second kappa shape index (κ2) is 5.35. The summed E-state index contributed by atoms with van der Waals surface area (Å²) in [5.41, 5.74) is 1.97. The Labute approximate surface area is 136 Å². The minimum absolute atomic E-state index is 0.293. The van der Waals surface area contributed by atoms with E-state index in [2.05, 4.69) is 37.2 Å². The molecule has 1 aliphatic heterocycles. The predicted octanol–water partition coefficient (Wildman–Crippen LogP) is 4.98. The minimum Gasteiger partial charge on any atom is -0.320 e. The normalized spacial score (nSPS) is 15.2. The Morgan fingerprint density at radius 1 is 1.00 bits per heavy atom. The van der Waals surface area contributed by atoms with E-state index in [1.165, 1.54) is 18.2 Å². The van der Waals surface area contributed by atoms with Crippen molar-refractivity contribution < 1.29 is 13.6 Å². The molecule has 106 valence electrons. The zero-order valence-electron chi connectivity index (χ0n) is 10.4. The molecule has 0 aliphatic carbocycles. The van der Waals surface area contributed by atoms with Crippen molar-refractivity contribution in [1.29, 1.82) is 0 Å². The van der Waals surface area contributed by atoms with Crippen LogP contribution in [0.4, 0.5) is 14.5 Å². The molecular weight excluding hydrogens is 408 g/mol. The number of fused-ring (bicyclic) bond motifs is 1. The number of anilines is 1. The van der Waals surface area contributed by atoms with Gasteiger partial charge in [0.2, 0.25) is 0 Å². The van der Waals surface area contributed by atoms with Crippen LogP contribution in [0.5, 0.6) is 0 Å². The third kappa shape index (κ3) is 2.78. The molecule has 0 fully saturated rings. The molecule has 21 heavy (non-hydrogen) atoms. The number of rotatable bonds is 1. The van der Waals surface area contributed by atoms with Gasteiger partial charge in [0.15, 0.2) is 0 Å². The van der Waals surface area contributed by atoms with E-state index in [1.807, 2.05) is 6.07 Å². The van der Waals surface area contributed by atoms with Crippen LogP contribution in [0.25, 0.3) is 11.6 Å². The molecule has 2 aromatic carbocycles. The van der Waals surface area contributed by atoms with Gasteiger partial charge >= 0.3 is 0 Å². The van der Waals surface area contributed by atoms with Gasteiger partial charge in [0, 0.05) is 26.1 Å². The maximum absolute atomic E-state index is 13.2. The zero-order chi connectivity index (χ0) is 15.1. The maximum Gasteiger partial charge on any atom is 0.256 e. The van der Waals surface area contributed by atoms with Gasteiger partial charge in [-0.25, -0.2) is 8.78 Å². The first-order chi connectivity index (χ1) is 9.94. The molecular formula is C15H7Br2F2NO. The molecule has 3 rings (SSSR count). The summed E-state index contributed by atoms with van der Waals surface area (Å²) in [5.74, 6) is -1.68. The van der Waals surface area contributed by atoms with Gasteiger partial charge in [0.25, 0.3) is 5.91 Å². The van der Waals surface area contributed by atoms with Gasteiger partial charge in [-0.1, -0.05) is 15.9 Å². The Balaban J connectivity index is 2.16. The Hall–Kier alpha value is -1.53. The van der Waals surface area contributed by atoms with Gasteiger partial charge in [-0.15, -0.1) is 0 Å². The van der Waals surface area contributed by atoms with Crippen molar-refractivity contribution in [2.45, 2.75) is 0 Å². The van der Waals surface area contributed by atoms with E-state index in [0.29, 0.717) is 22.4 Å². The molecule has 1 amide bonds. The number of benzene rings is 2. The van der Waals surface area contributed by atoms with Crippen LogP contribution in [0.1, 0.15) is 11.1 Å². The molecule has 0 spiro atoms. The van der Waals surface area contributed by atoms with Crippen molar-refractivity contribution in [2.75, 3.05) is 5.32 Å². The van der Waals surface area contributed by atoms with Crippen LogP contribution in [0.15, 0.2) is 39.3 Å². The van der Waals surface area contributed by atoms with Crippen molar-refractivity contribution in [3.05, 3.63) is 62.0 Å². The fourth-order valence-electron chi connectivity index (χ4n) is 2.18. The van der Waals surface area contributed by atoms with Gasteiger partial charge in [0.05, 0.1) is 5.69 Å². The fraction of sp³-hybridized carbons (Fsp3) is 0. The Bertz CT molecular complexity index is 782. The molecule has 2 nitrogen and oxygen atoms in total. The zero-order valence-corrected chi connectivity index (χ0v) is 13.6. The summed E-state index contributed by atoms with van der Waals surface area (Å²) in [7, 11) is 0. The number of nitrogens with one attached hydrogen (secondary N) is 1. The summed E-state index contributed by atoms with van der Waals surface area (Å²) in [5, 5.41) is 2.73. The van der Waals surface area contributed by atoms with Crippen LogP contribution in [0.2, 0.25) is 0 Å². The highest BCUT2D eigenvalue weighted by atomic mass is 79.9. The van der Waals surface area contributed by atoms with E-state index >= 15 is 0 Å². The summed E-state index contributed by atoms with van der Waals surface area (Å²) in [6.45, 7) is 0. The van der Waals surface area contributed by atoms with E-state index < -0.39 is 11.6 Å². The van der Waals surface area contributed by atoms with Crippen molar-refractivity contribution in [2.24, 2.45) is 0 Å². The van der Waals surface area contributed by atoms with Crippen LogP contribution in [-0.4, -0.2) is 5.91 Å². The first-order valence-electron chi connectivity index (χ1n) is 5.92.